The maximum absolute atomic E-state index is 12.1. The first-order valence-corrected chi connectivity index (χ1v) is 7.88. The minimum atomic E-state index is -0.134. The Labute approximate surface area is 132 Å². The molecule has 2 aromatic rings. The smallest absolute Gasteiger partial charge is 0.312 e. The van der Waals surface area contributed by atoms with Gasteiger partial charge >= 0.3 is 5.97 Å². The number of hydrogen-bond donors (Lipinski definition) is 0. The summed E-state index contributed by atoms with van der Waals surface area (Å²) in [5.74, 6) is 1.08. The Morgan fingerprint density at radius 2 is 1.73 bits per heavy atom. The third-order valence-electron chi connectivity index (χ3n) is 4.48. The van der Waals surface area contributed by atoms with Gasteiger partial charge in [-0.3, -0.25) is 4.79 Å². The summed E-state index contributed by atoms with van der Waals surface area (Å²) in [4.78, 5) is 12.1. The average molecular weight is 294 g/mol. The van der Waals surface area contributed by atoms with Gasteiger partial charge in [-0.25, -0.2) is 0 Å². The average Bonchev–Trinajstić information content (AvgIpc) is 2.47. The van der Waals surface area contributed by atoms with Crippen molar-refractivity contribution in [2.45, 2.75) is 46.0 Å². The van der Waals surface area contributed by atoms with E-state index < -0.39 is 0 Å². The van der Waals surface area contributed by atoms with Crippen LogP contribution in [0.5, 0.6) is 5.75 Å². The van der Waals surface area contributed by atoms with Gasteiger partial charge in [-0.15, -0.1) is 0 Å². The van der Waals surface area contributed by atoms with Crippen molar-refractivity contribution in [1.29, 1.82) is 0 Å². The third kappa shape index (κ3) is 2.54. The van der Waals surface area contributed by atoms with Crippen LogP contribution in [0.3, 0.4) is 0 Å². The third-order valence-corrected chi connectivity index (χ3v) is 4.48. The van der Waals surface area contributed by atoms with Crippen LogP contribution < -0.4 is 4.74 Å². The van der Waals surface area contributed by atoms with Crippen LogP contribution in [0.25, 0.3) is 0 Å². The fourth-order valence-electron chi connectivity index (χ4n) is 3.22. The highest BCUT2D eigenvalue weighted by Crippen LogP contribution is 2.44. The molecule has 1 aliphatic heterocycles. The summed E-state index contributed by atoms with van der Waals surface area (Å²) in [6.07, 6.45) is 0.415. The van der Waals surface area contributed by atoms with E-state index in [4.69, 9.17) is 4.74 Å². The topological polar surface area (TPSA) is 26.3 Å². The van der Waals surface area contributed by atoms with E-state index in [-0.39, 0.29) is 11.9 Å². The Hall–Kier alpha value is -2.09. The van der Waals surface area contributed by atoms with Crippen LogP contribution in [0.15, 0.2) is 36.4 Å². The van der Waals surface area contributed by atoms with Gasteiger partial charge in [-0.05, 0) is 36.5 Å². The first kappa shape index (κ1) is 14.8. The second-order valence-electron chi connectivity index (χ2n) is 6.51. The number of esters is 1. The molecule has 114 valence electrons. The summed E-state index contributed by atoms with van der Waals surface area (Å²) in [5, 5.41) is 0. The zero-order valence-electron chi connectivity index (χ0n) is 13.6. The summed E-state index contributed by atoms with van der Waals surface area (Å²) < 4.78 is 5.64. The molecule has 0 saturated carbocycles. The maximum atomic E-state index is 12.1. The van der Waals surface area contributed by atoms with Gasteiger partial charge in [-0.1, -0.05) is 55.8 Å². The van der Waals surface area contributed by atoms with Crippen LogP contribution in [-0.4, -0.2) is 5.97 Å². The first-order chi connectivity index (χ1) is 10.5. The molecule has 0 bridgehead atoms. The van der Waals surface area contributed by atoms with Crippen LogP contribution in [0.4, 0.5) is 0 Å². The maximum Gasteiger partial charge on any atom is 0.312 e. The lowest BCUT2D eigenvalue weighted by Gasteiger charge is -2.29. The lowest BCUT2D eigenvalue weighted by Crippen LogP contribution is -2.23. The molecule has 0 aromatic heterocycles. The number of benzene rings is 2. The molecule has 22 heavy (non-hydrogen) atoms. The van der Waals surface area contributed by atoms with Gasteiger partial charge in [-0.2, -0.15) is 0 Å². The molecule has 0 saturated heterocycles. The highest BCUT2D eigenvalue weighted by Gasteiger charge is 2.32. The molecule has 1 heterocycles. The van der Waals surface area contributed by atoms with E-state index in [1.807, 2.05) is 0 Å². The monoisotopic (exact) mass is 294 g/mol. The van der Waals surface area contributed by atoms with Crippen molar-refractivity contribution in [3.63, 3.8) is 0 Å². The van der Waals surface area contributed by atoms with Gasteiger partial charge in [0.1, 0.15) is 5.75 Å². The van der Waals surface area contributed by atoms with Gasteiger partial charge in [0.05, 0.1) is 6.42 Å². The van der Waals surface area contributed by atoms with Crippen molar-refractivity contribution in [3.05, 3.63) is 64.2 Å². The number of aryl methyl sites for hydroxylation is 2. The predicted molar refractivity (Wildman–Crippen MR) is 88.5 cm³/mol. The van der Waals surface area contributed by atoms with Crippen LogP contribution >= 0.6 is 0 Å². The van der Waals surface area contributed by atoms with Gasteiger partial charge in [0.2, 0.25) is 0 Å². The fourth-order valence-corrected chi connectivity index (χ4v) is 3.22. The quantitative estimate of drug-likeness (QED) is 0.583. The molecule has 0 aliphatic carbocycles. The predicted octanol–water partition coefficient (Wildman–Crippen LogP) is 4.87. The SMILES string of the molecule is Cc1ccc([C@H]2CC(=O)Oc3c(C(C)C)ccc(C)c32)cc1. The Bertz CT molecular complexity index is 711. The van der Waals surface area contributed by atoms with Gasteiger partial charge < -0.3 is 4.74 Å². The lowest BCUT2D eigenvalue weighted by atomic mass is 9.81. The van der Waals surface area contributed by atoms with E-state index in [1.54, 1.807) is 0 Å². The van der Waals surface area contributed by atoms with Gasteiger partial charge in [0.25, 0.3) is 0 Å². The van der Waals surface area contributed by atoms with Gasteiger partial charge in [0.15, 0.2) is 0 Å². The normalized spacial score (nSPS) is 17.3. The van der Waals surface area contributed by atoms with Crippen molar-refractivity contribution in [1.82, 2.24) is 0 Å². The molecule has 2 aromatic carbocycles. The minimum Gasteiger partial charge on any atom is -0.426 e. The highest BCUT2D eigenvalue weighted by atomic mass is 16.5. The molecule has 1 aliphatic rings. The summed E-state index contributed by atoms with van der Waals surface area (Å²) >= 11 is 0. The van der Waals surface area contributed by atoms with E-state index in [2.05, 4.69) is 64.1 Å². The van der Waals surface area contributed by atoms with Crippen molar-refractivity contribution in [2.75, 3.05) is 0 Å². The van der Waals surface area contributed by atoms with Crippen LogP contribution in [0.2, 0.25) is 0 Å². The van der Waals surface area contributed by atoms with Crippen LogP contribution in [0.1, 0.15) is 59.9 Å². The number of ether oxygens (including phenoxy) is 1. The first-order valence-electron chi connectivity index (χ1n) is 7.88. The molecule has 2 heteroatoms. The molecule has 2 nitrogen and oxygen atoms in total. The Kier molecular flexibility index (Phi) is 3.78. The summed E-state index contributed by atoms with van der Waals surface area (Å²) in [7, 11) is 0. The zero-order chi connectivity index (χ0) is 15.9. The summed E-state index contributed by atoms with van der Waals surface area (Å²) in [5.41, 5.74) is 5.90. The number of carbonyl (C=O) groups excluding carboxylic acids is 1. The molecule has 0 unspecified atom stereocenters. The largest absolute Gasteiger partial charge is 0.426 e. The Balaban J connectivity index is 2.18. The molecule has 0 N–H and O–H groups in total. The molecule has 0 radical (unpaired) electrons. The van der Waals surface area contributed by atoms with Crippen molar-refractivity contribution in [2.24, 2.45) is 0 Å². The number of hydrogen-bond acceptors (Lipinski definition) is 2. The summed E-state index contributed by atoms with van der Waals surface area (Å²) in [6, 6.07) is 12.7. The van der Waals surface area contributed by atoms with Crippen LogP contribution in [-0.2, 0) is 4.79 Å². The number of fused-ring (bicyclic) bond motifs is 1. The van der Waals surface area contributed by atoms with E-state index in [9.17, 15) is 4.79 Å². The molecular weight excluding hydrogens is 272 g/mol. The molecule has 0 spiro atoms. The van der Waals surface area contributed by atoms with Crippen molar-refractivity contribution in [3.8, 4) is 5.75 Å². The van der Waals surface area contributed by atoms with E-state index >= 15 is 0 Å². The van der Waals surface area contributed by atoms with E-state index in [0.29, 0.717) is 12.3 Å². The lowest BCUT2D eigenvalue weighted by molar-refractivity contribution is -0.135. The fraction of sp³-hybridized carbons (Fsp3) is 0.350. The molecule has 1 atom stereocenters. The Morgan fingerprint density at radius 1 is 1.05 bits per heavy atom. The standard InChI is InChI=1S/C20H22O2/c1-12(2)16-10-7-14(4)19-17(11-18(21)22-20(16)19)15-8-5-13(3)6-9-15/h5-10,12,17H,11H2,1-4H3/t17-/m1/s1. The minimum absolute atomic E-state index is 0.0931. The number of rotatable bonds is 2. The molecular formula is C20H22O2. The van der Waals surface area contributed by atoms with Crippen molar-refractivity contribution >= 4 is 5.97 Å². The second kappa shape index (κ2) is 5.60. The van der Waals surface area contributed by atoms with Gasteiger partial charge in [0, 0.05) is 11.5 Å². The van der Waals surface area contributed by atoms with Crippen molar-refractivity contribution < 1.29 is 9.53 Å². The zero-order valence-corrected chi connectivity index (χ0v) is 13.6. The summed E-state index contributed by atoms with van der Waals surface area (Å²) in [6.45, 7) is 8.45. The van der Waals surface area contributed by atoms with E-state index in [1.165, 1.54) is 22.3 Å². The van der Waals surface area contributed by atoms with E-state index in [0.717, 1.165) is 11.3 Å². The molecule has 0 fully saturated rings. The second-order valence-corrected chi connectivity index (χ2v) is 6.51. The Morgan fingerprint density at radius 3 is 2.36 bits per heavy atom. The van der Waals surface area contributed by atoms with Crippen LogP contribution in [0, 0.1) is 13.8 Å². The number of carbonyl (C=O) groups is 1. The molecule has 3 rings (SSSR count). The molecule has 0 amide bonds. The highest BCUT2D eigenvalue weighted by molar-refractivity contribution is 5.79.